The number of nitrogens with zero attached hydrogens (tertiary/aromatic N) is 2. The molecule has 0 saturated carbocycles. The predicted octanol–water partition coefficient (Wildman–Crippen LogP) is 2.73. The molecular formula is C22H20N2O5. The van der Waals surface area contributed by atoms with Gasteiger partial charge in [0, 0.05) is 24.3 Å². The van der Waals surface area contributed by atoms with E-state index in [2.05, 4.69) is 0 Å². The third kappa shape index (κ3) is 4.14. The molecule has 0 aliphatic carbocycles. The second kappa shape index (κ2) is 8.62. The van der Waals surface area contributed by atoms with Crippen LogP contribution in [0, 0.1) is 10.4 Å². The van der Waals surface area contributed by atoms with E-state index in [1.165, 1.54) is 12.4 Å². The molecular weight excluding hydrogens is 372 g/mol. The lowest BCUT2D eigenvalue weighted by molar-refractivity contribution is -0.577. The zero-order chi connectivity index (χ0) is 20.1. The van der Waals surface area contributed by atoms with E-state index in [0.717, 1.165) is 20.2 Å². The summed E-state index contributed by atoms with van der Waals surface area (Å²) in [6, 6.07) is 17.8. The van der Waals surface area contributed by atoms with Crippen LogP contribution in [0.4, 0.5) is 0 Å². The van der Waals surface area contributed by atoms with Crippen molar-refractivity contribution in [3.05, 3.63) is 83.5 Å². The lowest BCUT2D eigenvalue weighted by Crippen LogP contribution is -2.25. The Morgan fingerprint density at radius 1 is 0.586 bits per heavy atom. The lowest BCUT2D eigenvalue weighted by atomic mass is 10.2. The fourth-order valence-corrected chi connectivity index (χ4v) is 3.15. The van der Waals surface area contributed by atoms with Gasteiger partial charge in [-0.2, -0.15) is 9.46 Å². The molecule has 7 nitrogen and oxygen atoms in total. The van der Waals surface area contributed by atoms with Gasteiger partial charge in [-0.05, 0) is 24.3 Å². The van der Waals surface area contributed by atoms with E-state index in [1.807, 2.05) is 24.3 Å². The highest BCUT2D eigenvalue weighted by Crippen LogP contribution is 2.23. The van der Waals surface area contributed by atoms with Crippen LogP contribution in [0.2, 0.25) is 0 Å². The Hall–Kier alpha value is -3.58. The molecule has 0 atom stereocenters. The van der Waals surface area contributed by atoms with Gasteiger partial charge in [-0.15, -0.1) is 0 Å². The van der Waals surface area contributed by atoms with Crippen molar-refractivity contribution >= 4 is 21.8 Å². The van der Waals surface area contributed by atoms with Crippen molar-refractivity contribution < 1.29 is 23.7 Å². The van der Waals surface area contributed by atoms with E-state index >= 15 is 0 Å². The number of hydrogen-bond donors (Lipinski definition) is 0. The van der Waals surface area contributed by atoms with E-state index in [-0.39, 0.29) is 0 Å². The minimum atomic E-state index is 0.358. The number of fused-ring (bicyclic) bond motifs is 2. The Balaban J connectivity index is 1.25. The molecule has 2 heterocycles. The molecule has 2 aromatic carbocycles. The maximum Gasteiger partial charge on any atom is 0.227 e. The molecule has 0 saturated heterocycles. The molecule has 0 N–H and O–H groups in total. The maximum absolute atomic E-state index is 11.8. The molecule has 0 aliphatic rings. The van der Waals surface area contributed by atoms with Gasteiger partial charge in [0.1, 0.15) is 24.7 Å². The second-order valence-corrected chi connectivity index (χ2v) is 6.36. The zero-order valence-electron chi connectivity index (χ0n) is 15.7. The Morgan fingerprint density at radius 2 is 1.07 bits per heavy atom. The molecule has 4 rings (SSSR count). The van der Waals surface area contributed by atoms with Crippen LogP contribution >= 0.6 is 0 Å². The molecule has 4 aromatic rings. The highest BCUT2D eigenvalue weighted by Gasteiger charge is 2.09. The van der Waals surface area contributed by atoms with Gasteiger partial charge in [-0.1, -0.05) is 12.1 Å². The summed E-state index contributed by atoms with van der Waals surface area (Å²) in [6.45, 7) is 1.49. The van der Waals surface area contributed by atoms with Gasteiger partial charge in [0.05, 0.1) is 24.0 Å². The highest BCUT2D eigenvalue weighted by molar-refractivity contribution is 5.83. The van der Waals surface area contributed by atoms with Crippen LogP contribution in [0.5, 0.6) is 11.5 Å². The van der Waals surface area contributed by atoms with Crippen LogP contribution in [-0.4, -0.2) is 26.4 Å². The van der Waals surface area contributed by atoms with E-state index in [0.29, 0.717) is 49.0 Å². The first-order valence-corrected chi connectivity index (χ1v) is 9.29. The summed E-state index contributed by atoms with van der Waals surface area (Å²) in [6.07, 6.45) is 2.92. The largest absolute Gasteiger partial charge is 0.618 e. The molecule has 0 bridgehead atoms. The Labute approximate surface area is 167 Å². The van der Waals surface area contributed by atoms with Gasteiger partial charge < -0.3 is 24.6 Å². The van der Waals surface area contributed by atoms with Crippen LogP contribution in [0.25, 0.3) is 21.8 Å². The van der Waals surface area contributed by atoms with E-state index in [1.54, 1.807) is 36.4 Å². The van der Waals surface area contributed by atoms with Gasteiger partial charge >= 0.3 is 0 Å². The fraction of sp³-hybridized carbons (Fsp3) is 0.182. The topological polar surface area (TPSA) is 81.6 Å². The van der Waals surface area contributed by atoms with Crippen LogP contribution < -0.4 is 18.9 Å². The minimum absolute atomic E-state index is 0.358. The lowest BCUT2D eigenvalue weighted by Gasteiger charge is -2.11. The summed E-state index contributed by atoms with van der Waals surface area (Å²) < 4.78 is 18.7. The molecule has 0 amide bonds. The summed E-state index contributed by atoms with van der Waals surface area (Å²) in [5.41, 5.74) is 1.13. The number of aromatic nitrogens is 2. The first-order chi connectivity index (χ1) is 14.2. The molecule has 0 radical (unpaired) electrons. The standard InChI is InChI=1S/C22H20N2O5/c25-23-11-3-5-17-19(23)7-1-9-21(17)28-15-13-27-14-16-29-22-10-2-8-20-18(22)6-4-12-24(20)26/h1-12H,13-16H2. The van der Waals surface area contributed by atoms with Crippen LogP contribution in [0.15, 0.2) is 73.1 Å². The van der Waals surface area contributed by atoms with Gasteiger partial charge in [-0.3, -0.25) is 0 Å². The molecule has 0 fully saturated rings. The molecule has 7 heteroatoms. The molecule has 0 spiro atoms. The summed E-state index contributed by atoms with van der Waals surface area (Å²) in [7, 11) is 0. The fourth-order valence-electron chi connectivity index (χ4n) is 3.15. The average molecular weight is 392 g/mol. The summed E-state index contributed by atoms with van der Waals surface area (Å²) >= 11 is 0. The average Bonchev–Trinajstić information content (AvgIpc) is 2.74. The third-order valence-corrected chi connectivity index (χ3v) is 4.50. The molecule has 148 valence electrons. The van der Waals surface area contributed by atoms with Crippen molar-refractivity contribution in [1.82, 2.24) is 0 Å². The summed E-state index contributed by atoms with van der Waals surface area (Å²) in [5.74, 6) is 1.29. The van der Waals surface area contributed by atoms with Crippen molar-refractivity contribution in [2.75, 3.05) is 26.4 Å². The number of pyridine rings is 2. The normalized spacial score (nSPS) is 11.0. The van der Waals surface area contributed by atoms with Crippen LogP contribution in [-0.2, 0) is 4.74 Å². The van der Waals surface area contributed by atoms with Crippen molar-refractivity contribution in [2.24, 2.45) is 0 Å². The zero-order valence-corrected chi connectivity index (χ0v) is 15.7. The van der Waals surface area contributed by atoms with Crippen molar-refractivity contribution in [3.63, 3.8) is 0 Å². The minimum Gasteiger partial charge on any atom is -0.618 e. The van der Waals surface area contributed by atoms with E-state index in [4.69, 9.17) is 14.2 Å². The highest BCUT2D eigenvalue weighted by atomic mass is 16.5. The van der Waals surface area contributed by atoms with Crippen molar-refractivity contribution in [1.29, 1.82) is 0 Å². The SMILES string of the molecule is [O-][n+]1cccc2c(OCCOCCOc3cccc4c3ccc[n+]4[O-])cccc21. The first kappa shape index (κ1) is 18.8. The van der Waals surface area contributed by atoms with E-state index in [9.17, 15) is 10.4 Å². The van der Waals surface area contributed by atoms with Gasteiger partial charge in [0.25, 0.3) is 0 Å². The summed E-state index contributed by atoms with van der Waals surface area (Å²) in [4.78, 5) is 0. The smallest absolute Gasteiger partial charge is 0.227 e. The Morgan fingerprint density at radius 3 is 1.55 bits per heavy atom. The number of hydrogen-bond acceptors (Lipinski definition) is 5. The quantitative estimate of drug-likeness (QED) is 0.262. The van der Waals surface area contributed by atoms with Gasteiger partial charge in [-0.25, -0.2) is 0 Å². The van der Waals surface area contributed by atoms with Crippen molar-refractivity contribution in [3.8, 4) is 11.5 Å². The van der Waals surface area contributed by atoms with Crippen LogP contribution in [0.1, 0.15) is 0 Å². The first-order valence-electron chi connectivity index (χ1n) is 9.29. The number of rotatable bonds is 8. The van der Waals surface area contributed by atoms with E-state index < -0.39 is 0 Å². The maximum atomic E-state index is 11.8. The van der Waals surface area contributed by atoms with Gasteiger partial charge in [0.2, 0.25) is 11.0 Å². The molecule has 0 unspecified atom stereocenters. The van der Waals surface area contributed by atoms with Gasteiger partial charge in [0.15, 0.2) is 12.4 Å². The Bertz CT molecular complexity index is 1040. The van der Waals surface area contributed by atoms with Crippen molar-refractivity contribution in [2.45, 2.75) is 0 Å². The number of benzene rings is 2. The summed E-state index contributed by atoms with van der Waals surface area (Å²) in [5, 5.41) is 25.1. The monoisotopic (exact) mass is 392 g/mol. The molecule has 29 heavy (non-hydrogen) atoms. The third-order valence-electron chi connectivity index (χ3n) is 4.50. The molecule has 2 aromatic heterocycles. The molecule has 0 aliphatic heterocycles. The number of ether oxygens (including phenoxy) is 3. The predicted molar refractivity (Wildman–Crippen MR) is 108 cm³/mol. The van der Waals surface area contributed by atoms with Crippen LogP contribution in [0.3, 0.4) is 0 Å². The second-order valence-electron chi connectivity index (χ2n) is 6.36. The Kier molecular flexibility index (Phi) is 5.58.